The van der Waals surface area contributed by atoms with Gasteiger partial charge in [0.1, 0.15) is 10.7 Å². The Morgan fingerprint density at radius 1 is 1.10 bits per heavy atom. The number of esters is 1. The number of hydrogen-bond donors (Lipinski definition) is 1. The number of alkyl halides is 3. The number of ether oxygens (including phenoxy) is 1. The Hall–Kier alpha value is -3.33. The first-order valence-corrected chi connectivity index (χ1v) is 9.01. The largest absolute Gasteiger partial charge is 0.462 e. The summed E-state index contributed by atoms with van der Waals surface area (Å²) in [7, 11) is 0. The Kier molecular flexibility index (Phi) is 5.84. The van der Waals surface area contributed by atoms with E-state index in [0.29, 0.717) is 0 Å². The molecule has 0 radical (unpaired) electrons. The second kappa shape index (κ2) is 8.19. The van der Waals surface area contributed by atoms with Crippen LogP contribution in [0.3, 0.4) is 0 Å². The first-order valence-electron chi connectivity index (χ1n) is 8.63. The quantitative estimate of drug-likeness (QED) is 0.556. The Labute approximate surface area is 173 Å². The van der Waals surface area contributed by atoms with Gasteiger partial charge in [-0.25, -0.2) is 9.69 Å². The molecular weight excluding hydrogens is 425 g/mol. The lowest BCUT2D eigenvalue weighted by atomic mass is 10.2. The number of rotatable bonds is 5. The Balaban J connectivity index is 1.84. The number of hydrogen-bond acceptors (Lipinski definition) is 5. The third kappa shape index (κ3) is 4.16. The van der Waals surface area contributed by atoms with E-state index in [1.54, 1.807) is 6.92 Å². The molecule has 0 aromatic heterocycles. The summed E-state index contributed by atoms with van der Waals surface area (Å²) < 4.78 is 43.5. The van der Waals surface area contributed by atoms with Crippen molar-refractivity contribution in [3.63, 3.8) is 0 Å². The van der Waals surface area contributed by atoms with Crippen molar-refractivity contribution in [2.24, 2.45) is 0 Å². The van der Waals surface area contributed by atoms with Gasteiger partial charge < -0.3 is 10.1 Å². The fourth-order valence-corrected chi connectivity index (χ4v) is 2.94. The van der Waals surface area contributed by atoms with E-state index in [-0.39, 0.29) is 29.2 Å². The lowest BCUT2D eigenvalue weighted by Crippen LogP contribution is -2.32. The van der Waals surface area contributed by atoms with Crippen LogP contribution in [0.25, 0.3) is 0 Å². The van der Waals surface area contributed by atoms with Gasteiger partial charge in [0.15, 0.2) is 0 Å². The van der Waals surface area contributed by atoms with E-state index < -0.39 is 34.6 Å². The van der Waals surface area contributed by atoms with E-state index in [0.717, 1.165) is 23.1 Å². The molecule has 1 aliphatic heterocycles. The molecule has 30 heavy (non-hydrogen) atoms. The minimum absolute atomic E-state index is 0.0568. The minimum Gasteiger partial charge on any atom is -0.462 e. The van der Waals surface area contributed by atoms with E-state index in [2.05, 4.69) is 5.32 Å². The van der Waals surface area contributed by atoms with Gasteiger partial charge in [0.05, 0.1) is 23.4 Å². The summed E-state index contributed by atoms with van der Waals surface area (Å²) in [5, 5.41) is 2.03. The lowest BCUT2D eigenvalue weighted by molar-refractivity contribution is -0.137. The molecule has 2 amide bonds. The van der Waals surface area contributed by atoms with Crippen molar-refractivity contribution in [3.05, 3.63) is 70.4 Å². The summed E-state index contributed by atoms with van der Waals surface area (Å²) in [6.07, 6.45) is -4.57. The molecule has 6 nitrogen and oxygen atoms in total. The molecule has 2 aromatic carbocycles. The number of halogens is 4. The highest BCUT2D eigenvalue weighted by Crippen LogP contribution is 2.33. The van der Waals surface area contributed by atoms with Gasteiger partial charge in [0.2, 0.25) is 0 Å². The Morgan fingerprint density at radius 3 is 2.37 bits per heavy atom. The average molecular weight is 439 g/mol. The van der Waals surface area contributed by atoms with Crippen molar-refractivity contribution < 1.29 is 32.3 Å². The van der Waals surface area contributed by atoms with Gasteiger partial charge in [0.25, 0.3) is 11.8 Å². The maximum absolute atomic E-state index is 12.9. The van der Waals surface area contributed by atoms with Crippen LogP contribution < -0.4 is 10.2 Å². The summed E-state index contributed by atoms with van der Waals surface area (Å²) in [6.45, 7) is 1.84. The predicted molar refractivity (Wildman–Crippen MR) is 103 cm³/mol. The zero-order valence-corrected chi connectivity index (χ0v) is 16.2. The van der Waals surface area contributed by atoms with Gasteiger partial charge >= 0.3 is 12.1 Å². The second-order valence-corrected chi connectivity index (χ2v) is 6.48. The number of carbonyl (C=O) groups is 3. The molecule has 10 heteroatoms. The fourth-order valence-electron chi connectivity index (χ4n) is 2.72. The highest BCUT2D eigenvalue weighted by molar-refractivity contribution is 6.53. The van der Waals surface area contributed by atoms with Gasteiger partial charge in [0, 0.05) is 5.69 Å². The third-order valence-corrected chi connectivity index (χ3v) is 4.47. The van der Waals surface area contributed by atoms with E-state index >= 15 is 0 Å². The predicted octanol–water partition coefficient (Wildman–Crippen LogP) is 4.32. The maximum Gasteiger partial charge on any atom is 0.416 e. The van der Waals surface area contributed by atoms with Crippen molar-refractivity contribution in [2.75, 3.05) is 16.8 Å². The monoisotopic (exact) mass is 438 g/mol. The molecule has 0 spiro atoms. The van der Waals surface area contributed by atoms with Crippen molar-refractivity contribution >= 4 is 40.8 Å². The molecule has 0 saturated heterocycles. The summed E-state index contributed by atoms with van der Waals surface area (Å²) in [5.41, 5.74) is -0.973. The van der Waals surface area contributed by atoms with Crippen LogP contribution in [0.4, 0.5) is 24.5 Å². The normalized spacial score (nSPS) is 14.4. The van der Waals surface area contributed by atoms with Gasteiger partial charge in [-0.1, -0.05) is 17.7 Å². The first kappa shape index (κ1) is 21.4. The number of anilines is 2. The van der Waals surface area contributed by atoms with Crippen LogP contribution in [-0.2, 0) is 20.5 Å². The molecule has 156 valence electrons. The molecule has 0 atom stereocenters. The summed E-state index contributed by atoms with van der Waals surface area (Å²) in [4.78, 5) is 37.7. The molecule has 1 heterocycles. The number of imide groups is 1. The van der Waals surface area contributed by atoms with Crippen LogP contribution >= 0.6 is 11.6 Å². The van der Waals surface area contributed by atoms with Crippen LogP contribution in [0.1, 0.15) is 22.8 Å². The van der Waals surface area contributed by atoms with Crippen molar-refractivity contribution in [1.82, 2.24) is 0 Å². The highest BCUT2D eigenvalue weighted by Gasteiger charge is 2.39. The molecule has 3 rings (SSSR count). The zero-order chi connectivity index (χ0) is 22.1. The standard InChI is InChI=1S/C20H14ClF3N2O4/c1-2-30-19(29)11-6-8-14(9-7-11)26-17(27)15(21)16(18(26)28)25-13-5-3-4-12(10-13)20(22,23)24/h3-10,25H,2H2,1H3. The van der Waals surface area contributed by atoms with Gasteiger partial charge in [-0.15, -0.1) is 0 Å². The van der Waals surface area contributed by atoms with Crippen LogP contribution in [0, 0.1) is 0 Å². The fraction of sp³-hybridized carbons (Fsp3) is 0.150. The number of carbonyl (C=O) groups excluding carboxylic acids is 3. The number of nitrogens with one attached hydrogen (secondary N) is 1. The number of benzene rings is 2. The van der Waals surface area contributed by atoms with Gasteiger partial charge in [-0.05, 0) is 49.4 Å². The van der Waals surface area contributed by atoms with E-state index in [1.165, 1.54) is 30.3 Å². The molecule has 2 aromatic rings. The molecule has 1 N–H and O–H groups in total. The van der Waals surface area contributed by atoms with E-state index in [9.17, 15) is 27.6 Å². The van der Waals surface area contributed by atoms with Crippen molar-refractivity contribution in [2.45, 2.75) is 13.1 Å². The van der Waals surface area contributed by atoms with E-state index in [1.807, 2.05) is 0 Å². The molecule has 0 unspecified atom stereocenters. The van der Waals surface area contributed by atoms with Gasteiger partial charge in [-0.3, -0.25) is 9.59 Å². The molecule has 1 aliphatic rings. The third-order valence-electron chi connectivity index (χ3n) is 4.12. The smallest absolute Gasteiger partial charge is 0.416 e. The highest BCUT2D eigenvalue weighted by atomic mass is 35.5. The van der Waals surface area contributed by atoms with Crippen LogP contribution in [-0.4, -0.2) is 24.4 Å². The van der Waals surface area contributed by atoms with E-state index in [4.69, 9.17) is 16.3 Å². The first-order chi connectivity index (χ1) is 14.1. The van der Waals surface area contributed by atoms with Crippen LogP contribution in [0.2, 0.25) is 0 Å². The number of nitrogens with zero attached hydrogens (tertiary/aromatic N) is 1. The minimum atomic E-state index is -4.57. The van der Waals surface area contributed by atoms with Crippen molar-refractivity contribution in [3.8, 4) is 0 Å². The van der Waals surface area contributed by atoms with Crippen molar-refractivity contribution in [1.29, 1.82) is 0 Å². The van der Waals surface area contributed by atoms with Crippen LogP contribution in [0.5, 0.6) is 0 Å². The Morgan fingerprint density at radius 2 is 1.77 bits per heavy atom. The SMILES string of the molecule is CCOC(=O)c1ccc(N2C(=O)C(Cl)=C(Nc3cccc(C(F)(F)F)c3)C2=O)cc1. The molecule has 0 bridgehead atoms. The van der Waals surface area contributed by atoms with Crippen LogP contribution in [0.15, 0.2) is 59.3 Å². The molecule has 0 aliphatic carbocycles. The zero-order valence-electron chi connectivity index (χ0n) is 15.4. The summed E-state index contributed by atoms with van der Waals surface area (Å²) >= 11 is 5.98. The Bertz CT molecular complexity index is 1050. The number of amides is 2. The second-order valence-electron chi connectivity index (χ2n) is 6.11. The lowest BCUT2D eigenvalue weighted by Gasteiger charge is -2.16. The average Bonchev–Trinajstić information content (AvgIpc) is 2.91. The molecule has 0 fully saturated rings. The summed E-state index contributed by atoms with van der Waals surface area (Å²) in [6, 6.07) is 9.61. The van der Waals surface area contributed by atoms with Gasteiger partial charge in [-0.2, -0.15) is 13.2 Å². The molecular formula is C20H14ClF3N2O4. The topological polar surface area (TPSA) is 75.7 Å². The molecule has 0 saturated carbocycles. The summed E-state index contributed by atoms with van der Waals surface area (Å²) in [5.74, 6) is -2.25. The maximum atomic E-state index is 12.9.